The quantitative estimate of drug-likeness (QED) is 0.444. The third-order valence-electron chi connectivity index (χ3n) is 9.38. The first kappa shape index (κ1) is 27.9. The van der Waals surface area contributed by atoms with Crippen LogP contribution in [-0.2, 0) is 22.6 Å². The molecule has 4 aliphatic rings. The molecule has 12 heteroatoms. The molecular formula is C29H34ClF2N5O4. The lowest BCUT2D eigenvalue weighted by atomic mass is 9.75. The molecule has 0 radical (unpaired) electrons. The second kappa shape index (κ2) is 10.3. The molecule has 6 rings (SSSR count). The molecule has 3 aliphatic heterocycles. The predicted octanol–water partition coefficient (Wildman–Crippen LogP) is 5.67. The lowest BCUT2D eigenvalue weighted by Crippen LogP contribution is -2.50. The van der Waals surface area contributed by atoms with E-state index < -0.39 is 17.8 Å². The number of benzene rings is 1. The number of carbonyl (C=O) groups is 2. The molecular weight excluding hydrogens is 556 g/mol. The maximum absolute atomic E-state index is 14.0. The SMILES string of the molecule is CC(C)n1nnc(COc2ccc(Cl)c3c2[C@H]2CN4C(=O)CCC4=C([C@@H]4CCC[C@]4(C)C(=O)O)N2CC3)c1C(F)F. The average Bonchev–Trinajstić information content (AvgIpc) is 3.64. The molecule has 1 saturated heterocycles. The number of aromatic nitrogens is 3. The van der Waals surface area contributed by atoms with Gasteiger partial charge >= 0.3 is 5.97 Å². The van der Waals surface area contributed by atoms with Crippen LogP contribution in [0.4, 0.5) is 8.78 Å². The Bertz CT molecular complexity index is 1440. The van der Waals surface area contributed by atoms with Crippen LogP contribution in [0.25, 0.3) is 0 Å². The Morgan fingerprint density at radius 2 is 2.05 bits per heavy atom. The fourth-order valence-corrected chi connectivity index (χ4v) is 7.56. The van der Waals surface area contributed by atoms with Gasteiger partial charge in [0.25, 0.3) is 6.43 Å². The molecule has 1 aromatic carbocycles. The maximum Gasteiger partial charge on any atom is 0.310 e. The molecule has 220 valence electrons. The Balaban J connectivity index is 1.40. The summed E-state index contributed by atoms with van der Waals surface area (Å²) in [6, 6.07) is 2.88. The summed E-state index contributed by atoms with van der Waals surface area (Å²) in [4.78, 5) is 29.7. The van der Waals surface area contributed by atoms with Crippen molar-refractivity contribution in [2.45, 2.75) is 84.4 Å². The van der Waals surface area contributed by atoms with Crippen molar-refractivity contribution in [2.75, 3.05) is 13.1 Å². The second-order valence-corrected chi connectivity index (χ2v) is 12.4. The molecule has 2 fully saturated rings. The van der Waals surface area contributed by atoms with Gasteiger partial charge in [0.15, 0.2) is 0 Å². The number of amides is 1. The zero-order valence-electron chi connectivity index (χ0n) is 23.4. The molecule has 3 atom stereocenters. The van der Waals surface area contributed by atoms with Gasteiger partial charge < -0.3 is 19.6 Å². The number of carbonyl (C=O) groups excluding carboxylic acids is 1. The fourth-order valence-electron chi connectivity index (χ4n) is 7.30. The summed E-state index contributed by atoms with van der Waals surface area (Å²) in [6.45, 7) is 6.16. The predicted molar refractivity (Wildman–Crippen MR) is 145 cm³/mol. The molecule has 1 amide bonds. The van der Waals surface area contributed by atoms with Gasteiger partial charge in [-0.1, -0.05) is 23.2 Å². The number of hydrogen-bond acceptors (Lipinski definition) is 6. The highest BCUT2D eigenvalue weighted by Crippen LogP contribution is 2.55. The maximum atomic E-state index is 14.0. The van der Waals surface area contributed by atoms with E-state index in [0.717, 1.165) is 35.4 Å². The first-order valence-corrected chi connectivity index (χ1v) is 14.6. The average molecular weight is 590 g/mol. The minimum Gasteiger partial charge on any atom is -0.487 e. The number of aliphatic carboxylic acids is 1. The lowest BCUT2D eigenvalue weighted by molar-refractivity contribution is -0.149. The van der Waals surface area contributed by atoms with Crippen molar-refractivity contribution in [3.8, 4) is 5.75 Å². The first-order valence-electron chi connectivity index (χ1n) is 14.2. The van der Waals surface area contributed by atoms with Crippen molar-refractivity contribution in [3.63, 3.8) is 0 Å². The van der Waals surface area contributed by atoms with Crippen molar-refractivity contribution in [1.29, 1.82) is 0 Å². The van der Waals surface area contributed by atoms with E-state index in [1.807, 2.05) is 11.8 Å². The molecule has 1 aromatic heterocycles. The van der Waals surface area contributed by atoms with Crippen LogP contribution in [0.2, 0.25) is 5.02 Å². The normalized spacial score (nSPS) is 25.7. The van der Waals surface area contributed by atoms with Crippen LogP contribution in [-0.4, -0.2) is 54.9 Å². The van der Waals surface area contributed by atoms with Gasteiger partial charge in [0.1, 0.15) is 23.7 Å². The molecule has 0 unspecified atom stereocenters. The number of ether oxygens (including phenoxy) is 1. The first-order chi connectivity index (χ1) is 19.5. The standard InChI is InChI=1S/C29H34ClF2N5O4/c1-15(2)37-26(27(31)32)19(33-34-37)14-41-22-8-6-18(30)16-10-12-35-21(24(16)22)13-36-20(7-9-23(36)38)25(35)17-5-4-11-29(17,3)28(39)40/h6,8,15,17,21,27H,4-5,7,9-14H2,1-3H3,(H,39,40)/t17-,21+,29-/m0/s1. The van der Waals surface area contributed by atoms with Crippen LogP contribution < -0.4 is 4.74 Å². The largest absolute Gasteiger partial charge is 0.487 e. The van der Waals surface area contributed by atoms with E-state index in [1.54, 1.807) is 26.0 Å². The van der Waals surface area contributed by atoms with Gasteiger partial charge in [0, 0.05) is 46.9 Å². The molecule has 2 aromatic rings. The van der Waals surface area contributed by atoms with Gasteiger partial charge in [0.2, 0.25) is 5.91 Å². The van der Waals surface area contributed by atoms with Gasteiger partial charge in [-0.25, -0.2) is 13.5 Å². The van der Waals surface area contributed by atoms with Crippen LogP contribution in [0.1, 0.15) is 93.9 Å². The number of carboxylic acids is 1. The summed E-state index contributed by atoms with van der Waals surface area (Å²) in [5, 5.41) is 18.7. The number of alkyl halides is 2. The lowest BCUT2D eigenvalue weighted by Gasteiger charge is -2.50. The van der Waals surface area contributed by atoms with Gasteiger partial charge in [0.05, 0.1) is 18.0 Å². The van der Waals surface area contributed by atoms with Crippen LogP contribution in [0.3, 0.4) is 0 Å². The van der Waals surface area contributed by atoms with Crippen LogP contribution in [0.5, 0.6) is 5.75 Å². The molecule has 0 spiro atoms. The number of hydrogen-bond donors (Lipinski definition) is 1. The molecule has 9 nitrogen and oxygen atoms in total. The van der Waals surface area contributed by atoms with Crippen molar-refractivity contribution < 1.29 is 28.2 Å². The van der Waals surface area contributed by atoms with Gasteiger partial charge in [-0.05, 0) is 64.2 Å². The van der Waals surface area contributed by atoms with Gasteiger partial charge in [-0.15, -0.1) is 5.10 Å². The van der Waals surface area contributed by atoms with Crippen molar-refractivity contribution >= 4 is 23.5 Å². The topological polar surface area (TPSA) is 101 Å². The third kappa shape index (κ3) is 4.38. The summed E-state index contributed by atoms with van der Waals surface area (Å²) >= 11 is 6.69. The second-order valence-electron chi connectivity index (χ2n) is 11.9. The third-order valence-corrected chi connectivity index (χ3v) is 9.73. The minimum atomic E-state index is -2.76. The summed E-state index contributed by atoms with van der Waals surface area (Å²) in [5.41, 5.74) is 2.46. The summed E-state index contributed by atoms with van der Waals surface area (Å²) < 4.78 is 35.3. The zero-order chi connectivity index (χ0) is 29.2. The van der Waals surface area contributed by atoms with Crippen LogP contribution in [0, 0.1) is 11.3 Å². The van der Waals surface area contributed by atoms with E-state index in [-0.39, 0.29) is 41.9 Å². The highest BCUT2D eigenvalue weighted by molar-refractivity contribution is 6.31. The monoisotopic (exact) mass is 589 g/mol. The number of allylic oxidation sites excluding steroid dienone is 2. The Hall–Kier alpha value is -3.21. The molecule has 1 saturated carbocycles. The van der Waals surface area contributed by atoms with E-state index >= 15 is 0 Å². The van der Waals surface area contributed by atoms with Crippen molar-refractivity contribution in [1.82, 2.24) is 24.8 Å². The van der Waals surface area contributed by atoms with E-state index in [4.69, 9.17) is 16.3 Å². The Kier molecular flexibility index (Phi) is 6.99. The number of fused-ring (bicyclic) bond motifs is 4. The summed E-state index contributed by atoms with van der Waals surface area (Å²) in [5.74, 6) is -0.535. The Morgan fingerprint density at radius 1 is 1.27 bits per heavy atom. The minimum absolute atomic E-state index is 0.0238. The number of carboxylic acid groups (broad SMARTS) is 1. The van der Waals surface area contributed by atoms with Crippen LogP contribution in [0.15, 0.2) is 23.5 Å². The van der Waals surface area contributed by atoms with E-state index in [1.165, 1.54) is 4.68 Å². The highest BCUT2D eigenvalue weighted by Gasteiger charge is 2.53. The van der Waals surface area contributed by atoms with E-state index in [0.29, 0.717) is 49.5 Å². The van der Waals surface area contributed by atoms with E-state index in [2.05, 4.69) is 15.2 Å². The molecule has 4 heterocycles. The van der Waals surface area contributed by atoms with E-state index in [9.17, 15) is 23.5 Å². The summed E-state index contributed by atoms with van der Waals surface area (Å²) in [7, 11) is 0. The van der Waals surface area contributed by atoms with Crippen LogP contribution >= 0.6 is 11.6 Å². The Morgan fingerprint density at radius 3 is 2.76 bits per heavy atom. The fraction of sp³-hybridized carbons (Fsp3) is 0.586. The number of nitrogens with zero attached hydrogens (tertiary/aromatic N) is 5. The van der Waals surface area contributed by atoms with Gasteiger partial charge in [-0.3, -0.25) is 9.59 Å². The highest BCUT2D eigenvalue weighted by atomic mass is 35.5. The molecule has 0 bridgehead atoms. The van der Waals surface area contributed by atoms with Crippen molar-refractivity contribution in [2.24, 2.45) is 11.3 Å². The van der Waals surface area contributed by atoms with Crippen molar-refractivity contribution in [3.05, 3.63) is 51.1 Å². The number of rotatable bonds is 7. The summed E-state index contributed by atoms with van der Waals surface area (Å²) in [6.07, 6.45) is 0.949. The van der Waals surface area contributed by atoms with Gasteiger partial charge in [-0.2, -0.15) is 0 Å². The molecule has 41 heavy (non-hydrogen) atoms. The number of halogens is 3. The zero-order valence-corrected chi connectivity index (χ0v) is 24.1. The molecule has 1 N–H and O–H groups in total. The molecule has 1 aliphatic carbocycles. The Labute approximate surface area is 242 Å². The smallest absolute Gasteiger partial charge is 0.310 e.